The fraction of sp³-hybridized carbons (Fsp3) is 0. The third-order valence-corrected chi connectivity index (χ3v) is 3.90. The van der Waals surface area contributed by atoms with Crippen LogP contribution in [0.1, 0.15) is 10.6 Å². The second-order valence-corrected chi connectivity index (χ2v) is 5.93. The number of carbonyl (C=O) groups is 1. The molecular weight excluding hydrogens is 390 g/mol. The van der Waals surface area contributed by atoms with Crippen LogP contribution >= 0.6 is 15.9 Å². The summed E-state index contributed by atoms with van der Waals surface area (Å²) >= 11 is 3.15. The molecule has 3 aromatic heterocycles. The average molecular weight is 400 g/mol. The highest BCUT2D eigenvalue weighted by Crippen LogP contribution is 2.33. The molecule has 3 heterocycles. The minimum absolute atomic E-state index is 0.0155. The number of benzene rings is 1. The Morgan fingerprint density at radius 1 is 1.16 bits per heavy atom. The molecule has 2 N–H and O–H groups in total. The molecule has 0 atom stereocenters. The number of fused-ring (bicyclic) bond motifs is 1. The van der Waals surface area contributed by atoms with E-state index in [1.165, 1.54) is 6.07 Å². The van der Waals surface area contributed by atoms with E-state index in [1.54, 1.807) is 42.7 Å². The molecule has 0 saturated carbocycles. The molecule has 0 aliphatic rings. The van der Waals surface area contributed by atoms with Gasteiger partial charge < -0.3 is 19.3 Å². The van der Waals surface area contributed by atoms with Gasteiger partial charge in [0.25, 0.3) is 5.91 Å². The van der Waals surface area contributed by atoms with Crippen molar-refractivity contribution in [3.8, 4) is 17.2 Å². The summed E-state index contributed by atoms with van der Waals surface area (Å²) in [6, 6.07) is 9.46. The maximum Gasteiger partial charge on any atom is 0.291 e. The number of pyridine rings is 1. The van der Waals surface area contributed by atoms with Gasteiger partial charge in [-0.2, -0.15) is 0 Å². The fourth-order valence-corrected chi connectivity index (χ4v) is 2.62. The number of halogens is 1. The van der Waals surface area contributed by atoms with Crippen LogP contribution in [0.15, 0.2) is 62.3 Å². The number of furan rings is 1. The first-order chi connectivity index (χ1) is 12.1. The summed E-state index contributed by atoms with van der Waals surface area (Å²) in [7, 11) is 0. The van der Waals surface area contributed by atoms with Crippen LogP contribution in [0, 0.1) is 0 Å². The predicted molar refractivity (Wildman–Crippen MR) is 93.3 cm³/mol. The first-order valence-corrected chi connectivity index (χ1v) is 8.00. The Morgan fingerprint density at radius 3 is 2.80 bits per heavy atom. The molecule has 0 fully saturated rings. The minimum Gasteiger partial charge on any atom is -0.507 e. The van der Waals surface area contributed by atoms with E-state index in [9.17, 15) is 9.90 Å². The number of phenols is 1. The van der Waals surface area contributed by atoms with Crippen LogP contribution in [-0.4, -0.2) is 21.0 Å². The van der Waals surface area contributed by atoms with E-state index in [2.05, 4.69) is 31.2 Å². The lowest BCUT2D eigenvalue weighted by Crippen LogP contribution is -2.10. The number of hydrogen-bond acceptors (Lipinski definition) is 6. The van der Waals surface area contributed by atoms with Crippen LogP contribution in [0.2, 0.25) is 0 Å². The first-order valence-electron chi connectivity index (χ1n) is 7.21. The lowest BCUT2D eigenvalue weighted by molar-refractivity contribution is 0.0995. The monoisotopic (exact) mass is 399 g/mol. The standard InChI is InChI=1S/C17H10BrN3O4/c18-15-4-3-14(24-15)16(23)20-9-1-2-12(22)10(7-9)17-21-11-8-19-6-5-13(11)25-17/h1-8,22H,(H,20,23). The Balaban J connectivity index is 1.67. The topological polar surface area (TPSA) is 101 Å². The molecule has 0 saturated heterocycles. The number of phenolic OH excluding ortho intramolecular Hbond substituents is 1. The molecule has 0 aliphatic heterocycles. The zero-order valence-electron chi connectivity index (χ0n) is 12.6. The van der Waals surface area contributed by atoms with Gasteiger partial charge >= 0.3 is 0 Å². The van der Waals surface area contributed by atoms with Crippen molar-refractivity contribution < 1.29 is 18.7 Å². The van der Waals surface area contributed by atoms with Gasteiger partial charge in [-0.05, 0) is 46.3 Å². The second kappa shape index (κ2) is 6.06. The van der Waals surface area contributed by atoms with Gasteiger partial charge in [0.15, 0.2) is 16.0 Å². The van der Waals surface area contributed by atoms with Crippen molar-refractivity contribution in [1.82, 2.24) is 9.97 Å². The zero-order valence-corrected chi connectivity index (χ0v) is 14.1. The molecule has 4 aromatic rings. The van der Waals surface area contributed by atoms with Crippen molar-refractivity contribution in [2.24, 2.45) is 0 Å². The average Bonchev–Trinajstić information content (AvgIpc) is 3.22. The van der Waals surface area contributed by atoms with Gasteiger partial charge in [0.2, 0.25) is 5.89 Å². The van der Waals surface area contributed by atoms with Crippen molar-refractivity contribution >= 4 is 38.6 Å². The molecule has 0 unspecified atom stereocenters. The van der Waals surface area contributed by atoms with Gasteiger partial charge in [-0.1, -0.05) is 0 Å². The molecule has 1 aromatic carbocycles. The van der Waals surface area contributed by atoms with Gasteiger partial charge in [-0.3, -0.25) is 9.78 Å². The SMILES string of the molecule is O=C(Nc1ccc(O)c(-c2nc3cnccc3o2)c1)c1ccc(Br)o1. The van der Waals surface area contributed by atoms with Crippen LogP contribution in [0.25, 0.3) is 22.6 Å². The molecule has 124 valence electrons. The van der Waals surface area contributed by atoms with Crippen LogP contribution < -0.4 is 5.32 Å². The van der Waals surface area contributed by atoms with Gasteiger partial charge in [0.05, 0.1) is 11.8 Å². The number of hydrogen-bond donors (Lipinski definition) is 2. The number of nitrogens with one attached hydrogen (secondary N) is 1. The Hall–Kier alpha value is -3.13. The summed E-state index contributed by atoms with van der Waals surface area (Å²) in [4.78, 5) is 20.4. The predicted octanol–water partition coefficient (Wildman–Crippen LogP) is 4.20. The number of rotatable bonds is 3. The number of nitrogens with zero attached hydrogens (tertiary/aromatic N) is 2. The number of carbonyl (C=O) groups excluding carboxylic acids is 1. The summed E-state index contributed by atoms with van der Waals surface area (Å²) in [5.41, 5.74) is 1.95. The maximum absolute atomic E-state index is 12.2. The molecule has 25 heavy (non-hydrogen) atoms. The molecule has 8 heteroatoms. The summed E-state index contributed by atoms with van der Waals surface area (Å²) in [6.07, 6.45) is 3.16. The Bertz CT molecular complexity index is 1050. The lowest BCUT2D eigenvalue weighted by Gasteiger charge is -2.06. The van der Waals surface area contributed by atoms with E-state index >= 15 is 0 Å². The van der Waals surface area contributed by atoms with Gasteiger partial charge in [-0.15, -0.1) is 0 Å². The van der Waals surface area contributed by atoms with E-state index < -0.39 is 5.91 Å². The van der Waals surface area contributed by atoms with Crippen molar-refractivity contribution in [3.05, 3.63) is 59.2 Å². The summed E-state index contributed by atoms with van der Waals surface area (Å²) < 4.78 is 11.3. The highest BCUT2D eigenvalue weighted by Gasteiger charge is 2.15. The largest absolute Gasteiger partial charge is 0.507 e. The van der Waals surface area contributed by atoms with Crippen LogP contribution in [-0.2, 0) is 0 Å². The quantitative estimate of drug-likeness (QED) is 0.500. The van der Waals surface area contributed by atoms with Crippen molar-refractivity contribution in [2.45, 2.75) is 0 Å². The van der Waals surface area contributed by atoms with Crippen molar-refractivity contribution in [1.29, 1.82) is 0 Å². The van der Waals surface area contributed by atoms with E-state index in [0.717, 1.165) is 0 Å². The first kappa shape index (κ1) is 15.4. The molecule has 0 spiro atoms. The highest BCUT2D eigenvalue weighted by molar-refractivity contribution is 9.10. The molecular formula is C17H10BrN3O4. The Labute approximate surface area is 149 Å². The van der Waals surface area contributed by atoms with Crippen molar-refractivity contribution in [2.75, 3.05) is 5.32 Å². The van der Waals surface area contributed by atoms with Gasteiger partial charge in [-0.25, -0.2) is 4.98 Å². The zero-order chi connectivity index (χ0) is 17.4. The molecule has 7 nitrogen and oxygen atoms in total. The van der Waals surface area contributed by atoms with Crippen molar-refractivity contribution in [3.63, 3.8) is 0 Å². The number of aromatic hydroxyl groups is 1. The van der Waals surface area contributed by atoms with E-state index in [4.69, 9.17) is 8.83 Å². The Kier molecular flexibility index (Phi) is 3.73. The smallest absolute Gasteiger partial charge is 0.291 e. The lowest BCUT2D eigenvalue weighted by atomic mass is 10.1. The van der Waals surface area contributed by atoms with Gasteiger partial charge in [0, 0.05) is 18.0 Å². The fourth-order valence-electron chi connectivity index (χ4n) is 2.31. The third-order valence-electron chi connectivity index (χ3n) is 3.47. The van der Waals surface area contributed by atoms with Crippen LogP contribution in [0.3, 0.4) is 0 Å². The highest BCUT2D eigenvalue weighted by atomic mass is 79.9. The number of anilines is 1. The minimum atomic E-state index is -0.413. The third kappa shape index (κ3) is 2.99. The van der Waals surface area contributed by atoms with E-state index in [-0.39, 0.29) is 17.4 Å². The van der Waals surface area contributed by atoms with E-state index in [1.807, 2.05) is 0 Å². The molecule has 0 radical (unpaired) electrons. The molecule has 1 amide bonds. The van der Waals surface area contributed by atoms with E-state index in [0.29, 0.717) is 27.0 Å². The summed E-state index contributed by atoms with van der Waals surface area (Å²) in [6.45, 7) is 0. The van der Waals surface area contributed by atoms with Crippen LogP contribution in [0.5, 0.6) is 5.75 Å². The normalized spacial score (nSPS) is 10.9. The number of oxazole rings is 1. The molecule has 0 aliphatic carbocycles. The Morgan fingerprint density at radius 2 is 2.04 bits per heavy atom. The number of amides is 1. The summed E-state index contributed by atoms with van der Waals surface area (Å²) in [5.74, 6) is -0.0332. The maximum atomic E-state index is 12.2. The summed E-state index contributed by atoms with van der Waals surface area (Å²) in [5, 5.41) is 12.8. The number of aromatic nitrogens is 2. The van der Waals surface area contributed by atoms with Gasteiger partial charge in [0.1, 0.15) is 11.3 Å². The molecule has 4 rings (SSSR count). The second-order valence-electron chi connectivity index (χ2n) is 5.15. The molecule has 0 bridgehead atoms. The van der Waals surface area contributed by atoms with Crippen LogP contribution in [0.4, 0.5) is 5.69 Å².